The number of allylic oxidation sites excluding steroid dienone is 8. The van der Waals surface area contributed by atoms with E-state index in [-0.39, 0.29) is 20.4 Å². The fraction of sp³-hybridized carbons (Fsp3) is 0.429. The van der Waals surface area contributed by atoms with Crippen molar-refractivity contribution in [3.05, 3.63) is 47.6 Å². The van der Waals surface area contributed by atoms with E-state index in [9.17, 15) is 0 Å². The number of hydrogen-bond acceptors (Lipinski definition) is 0. The molecule has 0 amide bonds. The number of rotatable bonds is 1. The minimum Gasteiger partial charge on any atom is -0.0845 e. The molecule has 15 heavy (non-hydrogen) atoms. The maximum absolute atomic E-state index is 2.30. The van der Waals surface area contributed by atoms with E-state index < -0.39 is 0 Å². The first-order valence-corrected chi connectivity index (χ1v) is 5.68. The molecule has 2 aliphatic carbocycles. The summed E-state index contributed by atoms with van der Waals surface area (Å²) in [6.45, 7) is 0. The van der Waals surface area contributed by atoms with Crippen LogP contribution in [0.25, 0.3) is 0 Å². The Balaban J connectivity index is 0.00000112. The summed E-state index contributed by atoms with van der Waals surface area (Å²) in [5.41, 5.74) is 3.12. The minimum atomic E-state index is 0. The largest absolute Gasteiger partial charge is 0.0845 e. The van der Waals surface area contributed by atoms with Gasteiger partial charge in [-0.05, 0) is 49.7 Å². The van der Waals surface area contributed by atoms with E-state index >= 15 is 0 Å². The van der Waals surface area contributed by atoms with Crippen molar-refractivity contribution in [3.8, 4) is 0 Å². The first kappa shape index (κ1) is 12.7. The molecule has 0 aromatic heterocycles. The summed E-state index contributed by atoms with van der Waals surface area (Å²) in [5, 5.41) is 0. The fourth-order valence-electron chi connectivity index (χ4n) is 2.08. The standard InChI is InChI=1S/C14H18.Pd/c1-2-6-10-13(9-5-1)14-11-7-3-4-8-12-14;/h1,3,5,7,9,11H,2,4,6,8,10,12H2;. The van der Waals surface area contributed by atoms with Crippen LogP contribution in [0.2, 0.25) is 0 Å². The Hall–Kier alpha value is -0.378. The average Bonchev–Trinajstić information content (AvgIpc) is 2.62. The molecule has 84 valence electrons. The summed E-state index contributed by atoms with van der Waals surface area (Å²) in [6, 6.07) is 0. The summed E-state index contributed by atoms with van der Waals surface area (Å²) in [5.74, 6) is 0. The second kappa shape index (κ2) is 6.99. The zero-order valence-corrected chi connectivity index (χ0v) is 10.6. The molecule has 2 aliphatic rings. The molecule has 0 aromatic rings. The van der Waals surface area contributed by atoms with Crippen LogP contribution in [-0.4, -0.2) is 0 Å². The van der Waals surface area contributed by atoms with Gasteiger partial charge in [0.25, 0.3) is 0 Å². The molecule has 0 radical (unpaired) electrons. The summed E-state index contributed by atoms with van der Waals surface area (Å²) >= 11 is 0. The quantitative estimate of drug-likeness (QED) is 0.632. The van der Waals surface area contributed by atoms with Gasteiger partial charge in [-0.15, -0.1) is 0 Å². The molecule has 2 rings (SSSR count). The average molecular weight is 293 g/mol. The molecular weight excluding hydrogens is 275 g/mol. The van der Waals surface area contributed by atoms with Gasteiger partial charge in [0.2, 0.25) is 0 Å². The normalized spacial score (nSPS) is 20.8. The van der Waals surface area contributed by atoms with E-state index in [4.69, 9.17) is 0 Å². The van der Waals surface area contributed by atoms with Gasteiger partial charge in [-0.2, -0.15) is 0 Å². The number of hydrogen-bond donors (Lipinski definition) is 0. The summed E-state index contributed by atoms with van der Waals surface area (Å²) in [6.07, 6.45) is 21.2. The predicted octanol–water partition coefficient (Wildman–Crippen LogP) is 4.32. The van der Waals surface area contributed by atoms with Crippen LogP contribution in [0, 0.1) is 0 Å². The summed E-state index contributed by atoms with van der Waals surface area (Å²) in [4.78, 5) is 0. The van der Waals surface area contributed by atoms with Crippen molar-refractivity contribution in [1.82, 2.24) is 0 Å². The Labute approximate surface area is 106 Å². The third-order valence-corrected chi connectivity index (χ3v) is 2.91. The maximum Gasteiger partial charge on any atom is 0 e. The van der Waals surface area contributed by atoms with E-state index in [2.05, 4.69) is 36.5 Å². The Bertz CT molecular complexity index is 273. The van der Waals surface area contributed by atoms with E-state index in [0.29, 0.717) is 0 Å². The van der Waals surface area contributed by atoms with E-state index in [1.54, 1.807) is 11.1 Å². The Morgan fingerprint density at radius 2 is 1.20 bits per heavy atom. The van der Waals surface area contributed by atoms with Crippen LogP contribution in [0.15, 0.2) is 47.6 Å². The maximum atomic E-state index is 2.30. The molecule has 0 aromatic carbocycles. The van der Waals surface area contributed by atoms with Gasteiger partial charge >= 0.3 is 0 Å². The van der Waals surface area contributed by atoms with E-state index in [1.807, 2.05) is 0 Å². The van der Waals surface area contributed by atoms with Crippen LogP contribution in [0.1, 0.15) is 38.5 Å². The molecule has 0 unspecified atom stereocenters. The fourth-order valence-corrected chi connectivity index (χ4v) is 2.08. The van der Waals surface area contributed by atoms with Crippen LogP contribution < -0.4 is 0 Å². The van der Waals surface area contributed by atoms with Crippen LogP contribution in [-0.2, 0) is 20.4 Å². The van der Waals surface area contributed by atoms with Gasteiger partial charge in [0.15, 0.2) is 0 Å². The van der Waals surface area contributed by atoms with Crippen molar-refractivity contribution in [2.45, 2.75) is 38.5 Å². The molecule has 0 heterocycles. The van der Waals surface area contributed by atoms with Crippen molar-refractivity contribution in [1.29, 1.82) is 0 Å². The van der Waals surface area contributed by atoms with Crippen LogP contribution in [0.3, 0.4) is 0 Å². The molecule has 0 atom stereocenters. The molecular formula is C14H18Pd. The van der Waals surface area contributed by atoms with Gasteiger partial charge < -0.3 is 0 Å². The molecule has 0 saturated heterocycles. The van der Waals surface area contributed by atoms with Gasteiger partial charge in [0, 0.05) is 20.4 Å². The summed E-state index contributed by atoms with van der Waals surface area (Å²) in [7, 11) is 0. The van der Waals surface area contributed by atoms with Crippen LogP contribution in [0.4, 0.5) is 0 Å². The van der Waals surface area contributed by atoms with Gasteiger partial charge in [0.05, 0.1) is 0 Å². The van der Waals surface area contributed by atoms with E-state index in [1.165, 1.54) is 38.5 Å². The monoisotopic (exact) mass is 292 g/mol. The second-order valence-electron chi connectivity index (χ2n) is 4.02. The predicted molar refractivity (Wildman–Crippen MR) is 62.1 cm³/mol. The molecule has 0 N–H and O–H groups in total. The van der Waals surface area contributed by atoms with Gasteiger partial charge in [-0.1, -0.05) is 36.5 Å². The molecule has 0 aliphatic heterocycles. The molecule has 0 saturated carbocycles. The van der Waals surface area contributed by atoms with Crippen molar-refractivity contribution in [2.24, 2.45) is 0 Å². The van der Waals surface area contributed by atoms with Crippen molar-refractivity contribution < 1.29 is 20.4 Å². The van der Waals surface area contributed by atoms with Crippen molar-refractivity contribution >= 4 is 0 Å². The van der Waals surface area contributed by atoms with Crippen molar-refractivity contribution in [2.75, 3.05) is 0 Å². The summed E-state index contributed by atoms with van der Waals surface area (Å²) < 4.78 is 0. The smallest absolute Gasteiger partial charge is 0 e. The van der Waals surface area contributed by atoms with Gasteiger partial charge in [0.1, 0.15) is 0 Å². The zero-order chi connectivity index (χ0) is 9.64. The first-order valence-electron chi connectivity index (χ1n) is 5.68. The second-order valence-corrected chi connectivity index (χ2v) is 4.02. The zero-order valence-electron chi connectivity index (χ0n) is 9.02. The van der Waals surface area contributed by atoms with Crippen LogP contribution >= 0.6 is 0 Å². The molecule has 0 bridgehead atoms. The van der Waals surface area contributed by atoms with Gasteiger partial charge in [-0.25, -0.2) is 0 Å². The van der Waals surface area contributed by atoms with Crippen LogP contribution in [0.5, 0.6) is 0 Å². The Kier molecular flexibility index (Phi) is 5.91. The van der Waals surface area contributed by atoms with Crippen molar-refractivity contribution in [3.63, 3.8) is 0 Å². The molecule has 1 heteroatoms. The molecule has 0 fully saturated rings. The van der Waals surface area contributed by atoms with Gasteiger partial charge in [-0.3, -0.25) is 0 Å². The third-order valence-electron chi connectivity index (χ3n) is 2.91. The first-order chi connectivity index (χ1) is 6.97. The molecule has 0 nitrogen and oxygen atoms in total. The molecule has 0 spiro atoms. The Morgan fingerprint density at radius 1 is 0.733 bits per heavy atom. The minimum absolute atomic E-state index is 0. The third kappa shape index (κ3) is 3.94. The van der Waals surface area contributed by atoms with E-state index in [0.717, 1.165) is 0 Å². The topological polar surface area (TPSA) is 0 Å². The Morgan fingerprint density at radius 3 is 1.67 bits per heavy atom. The SMILES string of the molecule is C1=CCCCC(C2=CC=CCCC2)=C1.[Pd].